The number of nitriles is 1. The number of anilines is 1. The summed E-state index contributed by atoms with van der Waals surface area (Å²) in [4.78, 5) is 8.67. The van der Waals surface area contributed by atoms with Crippen LogP contribution in [0, 0.1) is 17.2 Å². The minimum atomic E-state index is -2.53. The van der Waals surface area contributed by atoms with Crippen LogP contribution in [0.5, 0.6) is 0 Å². The van der Waals surface area contributed by atoms with E-state index in [2.05, 4.69) is 65.4 Å². The lowest BCUT2D eigenvalue weighted by atomic mass is 9.95. The zero-order chi connectivity index (χ0) is 25.8. The Labute approximate surface area is 214 Å². The number of nitrogens with zero attached hydrogens (tertiary/aromatic N) is 1. The summed E-state index contributed by atoms with van der Waals surface area (Å²) in [5.74, 6) is 0.526. The van der Waals surface area contributed by atoms with Crippen molar-refractivity contribution in [1.82, 2.24) is 5.32 Å². The summed E-state index contributed by atoms with van der Waals surface area (Å²) in [6.07, 6.45) is 6.85. The predicted molar refractivity (Wildman–Crippen MR) is 143 cm³/mol. The van der Waals surface area contributed by atoms with Crippen molar-refractivity contribution in [3.63, 3.8) is 0 Å². The van der Waals surface area contributed by atoms with Gasteiger partial charge in [-0.3, -0.25) is 0 Å². The minimum absolute atomic E-state index is 0.252. The molecule has 0 radical (unpaired) electrons. The largest absolute Gasteiger partial charge is 0.694 e. The highest BCUT2D eigenvalue weighted by Crippen LogP contribution is 2.30. The molecule has 1 unspecified atom stereocenters. The number of aryl methyl sites for hydroxylation is 1. The van der Waals surface area contributed by atoms with Crippen molar-refractivity contribution < 1.29 is 18.4 Å². The first-order chi connectivity index (χ1) is 17.5. The molecule has 0 aliphatic carbocycles. The highest BCUT2D eigenvalue weighted by atomic mass is 31.1. The fourth-order valence-corrected chi connectivity index (χ4v) is 4.39. The van der Waals surface area contributed by atoms with Crippen molar-refractivity contribution in [2.45, 2.75) is 46.1 Å². The molecule has 0 fully saturated rings. The summed E-state index contributed by atoms with van der Waals surface area (Å²) in [6, 6.07) is 16.9. The molecule has 1 aromatic heterocycles. The number of furan rings is 1. The topological polar surface area (TPSA) is 108 Å². The van der Waals surface area contributed by atoms with Gasteiger partial charge in [-0.2, -0.15) is 5.26 Å². The van der Waals surface area contributed by atoms with Crippen molar-refractivity contribution >= 4 is 13.9 Å². The first-order valence-electron chi connectivity index (χ1n) is 12.4. The van der Waals surface area contributed by atoms with Crippen molar-refractivity contribution in [2.75, 3.05) is 25.0 Å². The average molecular weight is 509 g/mol. The number of benzene rings is 2. The lowest BCUT2D eigenvalue weighted by Gasteiger charge is -2.14. The molecule has 0 bridgehead atoms. The first kappa shape index (κ1) is 27.6. The average Bonchev–Trinajstić information content (AvgIpc) is 3.39. The van der Waals surface area contributed by atoms with Crippen LogP contribution in [0.3, 0.4) is 0 Å². The van der Waals surface area contributed by atoms with E-state index in [1.165, 1.54) is 5.56 Å². The Hall–Kier alpha value is -3.01. The summed E-state index contributed by atoms with van der Waals surface area (Å²) >= 11 is 0. The molecule has 0 saturated heterocycles. The highest BCUT2D eigenvalue weighted by molar-refractivity contribution is 7.32. The third-order valence-corrected chi connectivity index (χ3v) is 6.23. The van der Waals surface area contributed by atoms with Gasteiger partial charge in [0, 0.05) is 34.5 Å². The Kier molecular flexibility index (Phi) is 11.1. The molecule has 0 amide bonds. The van der Waals surface area contributed by atoms with Crippen molar-refractivity contribution in [3.05, 3.63) is 77.2 Å². The van der Waals surface area contributed by atoms with Crippen LogP contribution in [0.15, 0.2) is 59.4 Å². The second kappa shape index (κ2) is 14.5. The third kappa shape index (κ3) is 8.89. The zero-order valence-electron chi connectivity index (χ0n) is 21.0. The van der Waals surface area contributed by atoms with E-state index in [1.54, 1.807) is 12.5 Å². The van der Waals surface area contributed by atoms with Gasteiger partial charge in [-0.05, 0) is 79.1 Å². The van der Waals surface area contributed by atoms with Gasteiger partial charge in [0.15, 0.2) is 0 Å². The molecule has 3 rings (SSSR count). The van der Waals surface area contributed by atoms with Crippen LogP contribution in [0.1, 0.15) is 48.9 Å². The summed E-state index contributed by atoms with van der Waals surface area (Å²) < 4.78 is 20.5. The number of hydrogen-bond acceptors (Lipinski definition) is 6. The van der Waals surface area contributed by atoms with Gasteiger partial charge in [-0.25, -0.2) is 0 Å². The predicted octanol–water partition coefficient (Wildman–Crippen LogP) is 6.21. The molecule has 190 valence electrons. The molecule has 36 heavy (non-hydrogen) atoms. The quantitative estimate of drug-likeness (QED) is 0.166. The van der Waals surface area contributed by atoms with E-state index < -0.39 is 8.25 Å². The Morgan fingerprint density at radius 1 is 1.11 bits per heavy atom. The van der Waals surface area contributed by atoms with Gasteiger partial charge in [0.1, 0.15) is 6.61 Å². The molecule has 2 aromatic carbocycles. The lowest BCUT2D eigenvalue weighted by molar-refractivity contribution is 0.276. The molecule has 3 N–H and O–H groups in total. The van der Waals surface area contributed by atoms with Gasteiger partial charge >= 0.3 is 8.25 Å². The number of rotatable bonds is 15. The molecular formula is C28H35N3O4P+. The second-order valence-electron chi connectivity index (χ2n) is 9.22. The van der Waals surface area contributed by atoms with E-state index in [1.807, 2.05) is 12.1 Å². The number of nitrogens with one attached hydrogen (secondary N) is 2. The monoisotopic (exact) mass is 508 g/mol. The van der Waals surface area contributed by atoms with Crippen LogP contribution in [0.4, 0.5) is 5.69 Å². The fourth-order valence-electron chi connectivity index (χ4n) is 4.10. The maximum atomic E-state index is 10.6. The van der Waals surface area contributed by atoms with Gasteiger partial charge < -0.3 is 15.1 Å². The molecule has 7 nitrogen and oxygen atoms in total. The minimum Gasteiger partial charge on any atom is -0.472 e. The molecule has 0 aliphatic heterocycles. The molecule has 0 aliphatic rings. The molecule has 0 spiro atoms. The van der Waals surface area contributed by atoms with Crippen LogP contribution >= 0.6 is 8.25 Å². The second-order valence-corrected chi connectivity index (χ2v) is 9.96. The van der Waals surface area contributed by atoms with Crippen molar-refractivity contribution in [3.8, 4) is 17.2 Å². The van der Waals surface area contributed by atoms with E-state index >= 15 is 0 Å². The van der Waals surface area contributed by atoms with Crippen LogP contribution in [0.2, 0.25) is 0 Å². The summed E-state index contributed by atoms with van der Waals surface area (Å²) in [7, 11) is -2.53. The van der Waals surface area contributed by atoms with Gasteiger partial charge in [-0.15, -0.1) is 9.42 Å². The van der Waals surface area contributed by atoms with Crippen LogP contribution in [0.25, 0.3) is 11.1 Å². The van der Waals surface area contributed by atoms with Crippen LogP contribution in [-0.2, 0) is 28.5 Å². The van der Waals surface area contributed by atoms with E-state index in [0.29, 0.717) is 25.4 Å². The highest BCUT2D eigenvalue weighted by Gasteiger charge is 2.11. The van der Waals surface area contributed by atoms with Gasteiger partial charge in [0.25, 0.3) is 0 Å². The van der Waals surface area contributed by atoms with Gasteiger partial charge in [0.05, 0.1) is 24.2 Å². The maximum absolute atomic E-state index is 10.6. The van der Waals surface area contributed by atoms with E-state index in [0.717, 1.165) is 59.3 Å². The lowest BCUT2D eigenvalue weighted by Crippen LogP contribution is -2.16. The third-order valence-electron chi connectivity index (χ3n) is 5.83. The maximum Gasteiger partial charge on any atom is 0.694 e. The standard InChI is InChI=1S/C28H34N3O4P/c1-21(2)15-24-8-6-22(16-26(24)18-29)5-3-12-31-28-9-7-23(17-27(28)25-10-14-34-20-25)19-30-11-4-13-35-36(32)33/h6-10,14,16-17,20-21,30-31H,3-5,11-13,15,19H2,1-2H3/p+1. The molecule has 1 atom stereocenters. The molecule has 1 heterocycles. The summed E-state index contributed by atoms with van der Waals surface area (Å²) in [5.41, 5.74) is 7.38. The van der Waals surface area contributed by atoms with E-state index in [-0.39, 0.29) is 6.61 Å². The van der Waals surface area contributed by atoms with Crippen LogP contribution < -0.4 is 10.6 Å². The summed E-state index contributed by atoms with van der Waals surface area (Å²) in [5, 5.41) is 16.4. The van der Waals surface area contributed by atoms with Gasteiger partial charge in [-0.1, -0.05) is 32.0 Å². The van der Waals surface area contributed by atoms with Crippen LogP contribution in [-0.4, -0.2) is 24.6 Å². The fraction of sp³-hybridized carbons (Fsp3) is 0.393. The Bertz CT molecular complexity index is 1160. The van der Waals surface area contributed by atoms with Crippen molar-refractivity contribution in [1.29, 1.82) is 5.26 Å². The number of hydrogen-bond donors (Lipinski definition) is 3. The summed E-state index contributed by atoms with van der Waals surface area (Å²) in [6.45, 7) is 6.78. The molecule has 8 heteroatoms. The van der Waals surface area contributed by atoms with E-state index in [9.17, 15) is 9.83 Å². The van der Waals surface area contributed by atoms with Gasteiger partial charge in [0.2, 0.25) is 0 Å². The SMILES string of the molecule is CC(C)Cc1ccc(CCCNc2ccc(CNCCCO[P+](=O)O)cc2-c2ccoc2)cc1C#N. The van der Waals surface area contributed by atoms with Crippen molar-refractivity contribution in [2.24, 2.45) is 5.92 Å². The Balaban J connectivity index is 1.55. The van der Waals surface area contributed by atoms with E-state index in [4.69, 9.17) is 9.31 Å². The zero-order valence-corrected chi connectivity index (χ0v) is 21.9. The molecule has 0 saturated carbocycles. The first-order valence-corrected chi connectivity index (χ1v) is 13.5. The smallest absolute Gasteiger partial charge is 0.472 e. The molecule has 3 aromatic rings. The normalized spacial score (nSPS) is 11.5. The molecular weight excluding hydrogens is 473 g/mol. The Morgan fingerprint density at radius 3 is 2.67 bits per heavy atom. The Morgan fingerprint density at radius 2 is 1.94 bits per heavy atom.